The van der Waals surface area contributed by atoms with Gasteiger partial charge in [-0.25, -0.2) is 13.8 Å². The van der Waals surface area contributed by atoms with Crippen molar-refractivity contribution in [3.63, 3.8) is 0 Å². The van der Waals surface area contributed by atoms with Crippen LogP contribution in [0.15, 0.2) is 10.9 Å². The van der Waals surface area contributed by atoms with Gasteiger partial charge in [0.15, 0.2) is 0 Å². The Bertz CT molecular complexity index is 328. The average Bonchev–Trinajstić information content (AvgIpc) is 2.66. The SMILES string of the molecule is O=C(NCc1cscn1)C(F)(F)C(F)F. The van der Waals surface area contributed by atoms with Crippen molar-refractivity contribution < 1.29 is 22.4 Å². The molecule has 0 aromatic carbocycles. The molecule has 1 amide bonds. The zero-order valence-corrected chi connectivity index (χ0v) is 8.03. The van der Waals surface area contributed by atoms with Gasteiger partial charge in [0.2, 0.25) is 0 Å². The lowest BCUT2D eigenvalue weighted by atomic mass is 10.3. The van der Waals surface area contributed by atoms with Crippen LogP contribution in [0.25, 0.3) is 0 Å². The molecule has 1 N–H and O–H groups in total. The summed E-state index contributed by atoms with van der Waals surface area (Å²) in [5.74, 6) is -6.65. The van der Waals surface area contributed by atoms with E-state index in [-0.39, 0.29) is 6.54 Å². The fraction of sp³-hybridized carbons (Fsp3) is 0.429. The summed E-state index contributed by atoms with van der Waals surface area (Å²) in [5.41, 5.74) is 1.78. The van der Waals surface area contributed by atoms with E-state index < -0.39 is 18.3 Å². The van der Waals surface area contributed by atoms with Crippen molar-refractivity contribution >= 4 is 17.2 Å². The molecule has 1 aromatic rings. The highest BCUT2D eigenvalue weighted by Gasteiger charge is 2.48. The zero-order valence-electron chi connectivity index (χ0n) is 7.21. The van der Waals surface area contributed by atoms with Crippen LogP contribution in [0, 0.1) is 0 Å². The van der Waals surface area contributed by atoms with Crippen LogP contribution in [0.1, 0.15) is 5.69 Å². The van der Waals surface area contributed by atoms with E-state index >= 15 is 0 Å². The number of alkyl halides is 4. The molecule has 1 aromatic heterocycles. The number of hydrogen-bond donors (Lipinski definition) is 1. The number of hydrogen-bond acceptors (Lipinski definition) is 3. The molecule has 8 heteroatoms. The predicted octanol–water partition coefficient (Wildman–Crippen LogP) is 1.66. The topological polar surface area (TPSA) is 42.0 Å². The van der Waals surface area contributed by atoms with Crippen LogP contribution in [0.3, 0.4) is 0 Å². The van der Waals surface area contributed by atoms with Crippen molar-refractivity contribution in [3.05, 3.63) is 16.6 Å². The van der Waals surface area contributed by atoms with Crippen molar-refractivity contribution in [3.8, 4) is 0 Å². The summed E-state index contributed by atoms with van der Waals surface area (Å²) in [6.07, 6.45) is -4.01. The molecule has 1 heterocycles. The zero-order chi connectivity index (χ0) is 11.5. The number of thiazole rings is 1. The van der Waals surface area contributed by atoms with Crippen molar-refractivity contribution in [2.75, 3.05) is 0 Å². The second-order valence-electron chi connectivity index (χ2n) is 2.59. The summed E-state index contributed by atoms with van der Waals surface area (Å²) in [5, 5.41) is 3.20. The van der Waals surface area contributed by atoms with Crippen molar-refractivity contribution in [1.29, 1.82) is 0 Å². The molecule has 84 valence electrons. The molecule has 3 nitrogen and oxygen atoms in total. The first kappa shape index (κ1) is 11.9. The Morgan fingerprint density at radius 2 is 2.27 bits per heavy atom. The van der Waals surface area contributed by atoms with E-state index in [1.54, 1.807) is 5.32 Å². The maximum atomic E-state index is 12.4. The fourth-order valence-electron chi connectivity index (χ4n) is 0.713. The van der Waals surface area contributed by atoms with Gasteiger partial charge in [0.05, 0.1) is 17.7 Å². The number of carbonyl (C=O) groups excluding carboxylic acids is 1. The minimum atomic E-state index is -4.66. The van der Waals surface area contributed by atoms with Crippen LogP contribution >= 0.6 is 11.3 Å². The number of carbonyl (C=O) groups is 1. The summed E-state index contributed by atoms with van der Waals surface area (Å²) < 4.78 is 48.2. The molecule has 0 radical (unpaired) electrons. The Kier molecular flexibility index (Phi) is 3.61. The van der Waals surface area contributed by atoms with Crippen molar-refractivity contribution in [2.24, 2.45) is 0 Å². The van der Waals surface area contributed by atoms with Crippen LogP contribution in [0.5, 0.6) is 0 Å². The molecule has 0 saturated heterocycles. The third-order valence-electron chi connectivity index (χ3n) is 1.49. The highest BCUT2D eigenvalue weighted by Crippen LogP contribution is 2.22. The number of rotatable bonds is 4. The van der Waals surface area contributed by atoms with Gasteiger partial charge >= 0.3 is 12.3 Å². The maximum absolute atomic E-state index is 12.4. The third-order valence-corrected chi connectivity index (χ3v) is 2.13. The predicted molar refractivity (Wildman–Crippen MR) is 44.9 cm³/mol. The summed E-state index contributed by atoms with van der Waals surface area (Å²) in [6, 6.07) is 0. The van der Waals surface area contributed by atoms with E-state index in [2.05, 4.69) is 4.98 Å². The Labute approximate surface area is 86.1 Å². The van der Waals surface area contributed by atoms with E-state index in [9.17, 15) is 22.4 Å². The minimum absolute atomic E-state index is 0.287. The van der Waals surface area contributed by atoms with E-state index in [0.717, 1.165) is 0 Å². The van der Waals surface area contributed by atoms with Gasteiger partial charge in [0.25, 0.3) is 5.91 Å². The van der Waals surface area contributed by atoms with E-state index in [1.807, 2.05) is 0 Å². The molecular weight excluding hydrogens is 236 g/mol. The molecule has 0 atom stereocenters. The van der Waals surface area contributed by atoms with Gasteiger partial charge in [-0.2, -0.15) is 8.78 Å². The van der Waals surface area contributed by atoms with Crippen LogP contribution in [0.2, 0.25) is 0 Å². The molecule has 1 rings (SSSR count). The first-order valence-corrected chi connectivity index (χ1v) is 4.70. The summed E-state index contributed by atoms with van der Waals surface area (Å²) in [7, 11) is 0. The molecule has 0 saturated carbocycles. The second-order valence-corrected chi connectivity index (χ2v) is 3.30. The van der Waals surface area contributed by atoms with Crippen LogP contribution < -0.4 is 5.32 Å². The molecule has 0 aliphatic carbocycles. The largest absolute Gasteiger partial charge is 0.383 e. The Morgan fingerprint density at radius 1 is 1.60 bits per heavy atom. The maximum Gasteiger partial charge on any atom is 0.383 e. The molecule has 15 heavy (non-hydrogen) atoms. The van der Waals surface area contributed by atoms with Crippen LogP contribution in [-0.4, -0.2) is 23.2 Å². The molecule has 0 unspecified atom stereocenters. The van der Waals surface area contributed by atoms with E-state index in [1.165, 1.54) is 22.2 Å². The Morgan fingerprint density at radius 3 is 2.73 bits per heavy atom. The van der Waals surface area contributed by atoms with Gasteiger partial charge in [-0.1, -0.05) is 0 Å². The highest BCUT2D eigenvalue weighted by molar-refractivity contribution is 7.07. The summed E-state index contributed by atoms with van der Waals surface area (Å²) in [6.45, 7) is -0.287. The Balaban J connectivity index is 2.49. The molecular formula is C7H6F4N2OS. The highest BCUT2D eigenvalue weighted by atomic mass is 32.1. The van der Waals surface area contributed by atoms with Crippen LogP contribution in [-0.2, 0) is 11.3 Å². The quantitative estimate of drug-likeness (QED) is 0.816. The first-order chi connectivity index (χ1) is 6.94. The first-order valence-electron chi connectivity index (χ1n) is 3.76. The number of aromatic nitrogens is 1. The number of nitrogens with zero attached hydrogens (tertiary/aromatic N) is 1. The smallest absolute Gasteiger partial charge is 0.345 e. The number of nitrogens with one attached hydrogen (secondary N) is 1. The van der Waals surface area contributed by atoms with Crippen LogP contribution in [0.4, 0.5) is 17.6 Å². The van der Waals surface area contributed by atoms with Gasteiger partial charge < -0.3 is 5.32 Å². The standard InChI is InChI=1S/C7H6F4N2OS/c8-5(9)7(10,11)6(14)12-1-4-2-15-3-13-4/h2-3,5H,1H2,(H,12,14). The van der Waals surface area contributed by atoms with E-state index in [0.29, 0.717) is 5.69 Å². The van der Waals surface area contributed by atoms with Gasteiger partial charge in [-0.3, -0.25) is 4.79 Å². The molecule has 0 bridgehead atoms. The average molecular weight is 242 g/mol. The third kappa shape index (κ3) is 2.88. The number of halogens is 4. The fourth-order valence-corrected chi connectivity index (χ4v) is 1.27. The lowest BCUT2D eigenvalue weighted by Crippen LogP contribution is -2.44. The lowest BCUT2D eigenvalue weighted by Gasteiger charge is -2.13. The summed E-state index contributed by atoms with van der Waals surface area (Å²) >= 11 is 1.21. The van der Waals surface area contributed by atoms with Gasteiger partial charge in [0, 0.05) is 5.38 Å². The van der Waals surface area contributed by atoms with Crippen molar-refractivity contribution in [1.82, 2.24) is 10.3 Å². The molecule has 0 fully saturated rings. The number of amides is 1. The molecule has 0 aliphatic rings. The molecule has 0 aliphatic heterocycles. The normalized spacial score (nSPS) is 11.8. The summed E-state index contributed by atoms with van der Waals surface area (Å²) in [4.78, 5) is 14.3. The van der Waals surface area contributed by atoms with Gasteiger partial charge in [-0.15, -0.1) is 11.3 Å². The van der Waals surface area contributed by atoms with Gasteiger partial charge in [-0.05, 0) is 0 Å². The van der Waals surface area contributed by atoms with Crippen molar-refractivity contribution in [2.45, 2.75) is 18.9 Å². The van der Waals surface area contributed by atoms with E-state index in [4.69, 9.17) is 0 Å². The lowest BCUT2D eigenvalue weighted by molar-refractivity contribution is -0.169. The molecule has 0 spiro atoms. The Hall–Kier alpha value is -1.18. The monoisotopic (exact) mass is 242 g/mol. The van der Waals surface area contributed by atoms with Gasteiger partial charge in [0.1, 0.15) is 0 Å². The minimum Gasteiger partial charge on any atom is -0.345 e. The second kappa shape index (κ2) is 4.56.